The summed E-state index contributed by atoms with van der Waals surface area (Å²) in [5.41, 5.74) is 5.49. The van der Waals surface area contributed by atoms with Crippen molar-refractivity contribution < 1.29 is 14.7 Å². The predicted molar refractivity (Wildman–Crippen MR) is 148 cm³/mol. The third-order valence-electron chi connectivity index (χ3n) is 6.95. The standard InChI is InChI=1S/C29H31ClN4O3/c1-18-14-23(28(36)31-17-21(35)10-13-34-11-2-3-12-34)26(32-18)16-24-27-22(19-6-4-7-20(30)15-19)8-5-9-25(27)33-29(24)37/h4-9,14-16,21,32,35H,2-3,10-13,17H2,1H3,(H,31,36)(H,33,37)/b24-16-. The van der Waals surface area contributed by atoms with E-state index in [1.165, 1.54) is 12.8 Å². The van der Waals surface area contributed by atoms with Gasteiger partial charge in [0, 0.05) is 35.1 Å². The lowest BCUT2D eigenvalue weighted by atomic mass is 9.94. The quantitative estimate of drug-likeness (QED) is 0.325. The van der Waals surface area contributed by atoms with Gasteiger partial charge in [0.05, 0.1) is 22.9 Å². The lowest BCUT2D eigenvalue weighted by Crippen LogP contribution is -2.34. The van der Waals surface area contributed by atoms with E-state index in [0.29, 0.717) is 34.0 Å². The number of aromatic nitrogens is 1. The first-order valence-corrected chi connectivity index (χ1v) is 13.1. The first kappa shape index (κ1) is 25.3. The molecule has 2 amide bonds. The van der Waals surface area contributed by atoms with E-state index in [-0.39, 0.29) is 18.4 Å². The molecule has 8 heteroatoms. The van der Waals surface area contributed by atoms with E-state index in [1.807, 2.05) is 49.4 Å². The highest BCUT2D eigenvalue weighted by Gasteiger charge is 2.28. The molecule has 192 valence electrons. The van der Waals surface area contributed by atoms with Crippen LogP contribution in [-0.2, 0) is 4.79 Å². The normalized spacial score (nSPS) is 17.2. The van der Waals surface area contributed by atoms with Crippen LogP contribution in [0.25, 0.3) is 22.8 Å². The summed E-state index contributed by atoms with van der Waals surface area (Å²) < 4.78 is 0. The number of aliphatic hydroxyl groups excluding tert-OH is 1. The number of carbonyl (C=O) groups excluding carboxylic acids is 2. The van der Waals surface area contributed by atoms with Crippen LogP contribution in [0.15, 0.2) is 48.5 Å². The second-order valence-corrected chi connectivity index (χ2v) is 10.2. The Hall–Kier alpha value is -3.39. The van der Waals surface area contributed by atoms with Crippen LogP contribution in [0.5, 0.6) is 0 Å². The van der Waals surface area contributed by atoms with Crippen LogP contribution >= 0.6 is 11.6 Å². The zero-order chi connectivity index (χ0) is 25.9. The Bertz CT molecular complexity index is 1360. The van der Waals surface area contributed by atoms with Gasteiger partial charge >= 0.3 is 0 Å². The van der Waals surface area contributed by atoms with Gasteiger partial charge in [-0.1, -0.05) is 35.9 Å². The van der Waals surface area contributed by atoms with E-state index >= 15 is 0 Å². The molecule has 4 N–H and O–H groups in total. The van der Waals surface area contributed by atoms with E-state index in [1.54, 1.807) is 12.1 Å². The molecule has 2 aliphatic heterocycles. The minimum atomic E-state index is -0.612. The summed E-state index contributed by atoms with van der Waals surface area (Å²) in [5.74, 6) is -0.529. The van der Waals surface area contributed by atoms with Crippen LogP contribution in [0.3, 0.4) is 0 Å². The molecule has 2 aromatic carbocycles. The maximum atomic E-state index is 13.1. The van der Waals surface area contributed by atoms with Crippen molar-refractivity contribution in [1.29, 1.82) is 0 Å². The Morgan fingerprint density at radius 3 is 2.76 bits per heavy atom. The molecule has 0 bridgehead atoms. The topological polar surface area (TPSA) is 97.5 Å². The Morgan fingerprint density at radius 1 is 1.19 bits per heavy atom. The molecular formula is C29H31ClN4O3. The number of rotatable bonds is 8. The van der Waals surface area contributed by atoms with E-state index in [2.05, 4.69) is 20.5 Å². The maximum absolute atomic E-state index is 13.1. The van der Waals surface area contributed by atoms with Crippen molar-refractivity contribution in [1.82, 2.24) is 15.2 Å². The molecule has 37 heavy (non-hydrogen) atoms. The average Bonchev–Trinajstić information content (AvgIpc) is 3.61. The molecule has 3 heterocycles. The number of benzene rings is 2. The molecule has 7 nitrogen and oxygen atoms in total. The molecular weight excluding hydrogens is 488 g/mol. The van der Waals surface area contributed by atoms with Crippen molar-refractivity contribution in [2.45, 2.75) is 32.3 Å². The number of carbonyl (C=O) groups is 2. The fraction of sp³-hybridized carbons (Fsp3) is 0.310. The zero-order valence-electron chi connectivity index (χ0n) is 20.8. The van der Waals surface area contributed by atoms with Crippen LogP contribution in [0.1, 0.15) is 46.6 Å². The number of aliphatic hydroxyl groups is 1. The van der Waals surface area contributed by atoms with Crippen molar-refractivity contribution in [2.24, 2.45) is 0 Å². The minimum Gasteiger partial charge on any atom is -0.391 e. The lowest BCUT2D eigenvalue weighted by Gasteiger charge is -2.17. The van der Waals surface area contributed by atoms with Gasteiger partial charge in [0.15, 0.2) is 0 Å². The molecule has 0 spiro atoms. The van der Waals surface area contributed by atoms with Crippen LogP contribution in [0.2, 0.25) is 5.02 Å². The number of anilines is 1. The smallest absolute Gasteiger partial charge is 0.256 e. The number of fused-ring (bicyclic) bond motifs is 1. The molecule has 0 radical (unpaired) electrons. The largest absolute Gasteiger partial charge is 0.391 e. The highest BCUT2D eigenvalue weighted by Crippen LogP contribution is 2.41. The average molecular weight is 519 g/mol. The summed E-state index contributed by atoms with van der Waals surface area (Å²) in [6.45, 7) is 5.03. The first-order chi connectivity index (χ1) is 17.9. The van der Waals surface area contributed by atoms with Gasteiger partial charge < -0.3 is 25.6 Å². The number of aryl methyl sites for hydroxylation is 1. The Morgan fingerprint density at radius 2 is 1.97 bits per heavy atom. The summed E-state index contributed by atoms with van der Waals surface area (Å²) in [4.78, 5) is 31.6. The first-order valence-electron chi connectivity index (χ1n) is 12.7. The Labute approximate surface area is 221 Å². The Kier molecular flexibility index (Phi) is 7.46. The lowest BCUT2D eigenvalue weighted by molar-refractivity contribution is -0.110. The molecule has 1 saturated heterocycles. The number of nitrogens with one attached hydrogen (secondary N) is 3. The number of hydrogen-bond donors (Lipinski definition) is 4. The molecule has 2 aliphatic rings. The molecule has 0 aliphatic carbocycles. The molecule has 5 rings (SSSR count). The predicted octanol–water partition coefficient (Wildman–Crippen LogP) is 4.71. The number of amides is 2. The second-order valence-electron chi connectivity index (χ2n) is 9.73. The van der Waals surface area contributed by atoms with Gasteiger partial charge in [-0.25, -0.2) is 0 Å². The fourth-order valence-electron chi connectivity index (χ4n) is 5.09. The SMILES string of the molecule is Cc1cc(C(=O)NCC(O)CCN2CCCC2)c(/C=C2\C(=O)Nc3cccc(-c4cccc(Cl)c4)c32)[nH]1. The maximum Gasteiger partial charge on any atom is 0.256 e. The van der Waals surface area contributed by atoms with E-state index in [0.717, 1.165) is 42.0 Å². The van der Waals surface area contributed by atoms with Gasteiger partial charge in [-0.05, 0) is 80.7 Å². The summed E-state index contributed by atoms with van der Waals surface area (Å²) in [6.07, 6.45) is 4.15. The molecule has 1 fully saturated rings. The number of H-pyrrole nitrogens is 1. The highest BCUT2D eigenvalue weighted by atomic mass is 35.5. The number of aromatic amines is 1. The number of likely N-dealkylation sites (tertiary alicyclic amines) is 1. The third-order valence-corrected chi connectivity index (χ3v) is 7.19. The highest BCUT2D eigenvalue weighted by molar-refractivity contribution is 6.36. The van der Waals surface area contributed by atoms with Crippen LogP contribution < -0.4 is 10.6 Å². The van der Waals surface area contributed by atoms with Crippen LogP contribution in [0, 0.1) is 6.92 Å². The molecule has 0 saturated carbocycles. The monoisotopic (exact) mass is 518 g/mol. The van der Waals surface area contributed by atoms with E-state index in [4.69, 9.17) is 11.6 Å². The van der Waals surface area contributed by atoms with Crippen molar-refractivity contribution in [2.75, 3.05) is 31.5 Å². The van der Waals surface area contributed by atoms with Gasteiger partial charge in [-0.2, -0.15) is 0 Å². The van der Waals surface area contributed by atoms with Gasteiger partial charge in [0.25, 0.3) is 11.8 Å². The van der Waals surface area contributed by atoms with Crippen LogP contribution in [0.4, 0.5) is 5.69 Å². The number of halogens is 1. The summed E-state index contributed by atoms with van der Waals surface area (Å²) in [5, 5.41) is 16.8. The van der Waals surface area contributed by atoms with E-state index < -0.39 is 6.10 Å². The zero-order valence-corrected chi connectivity index (χ0v) is 21.6. The van der Waals surface area contributed by atoms with Crippen LogP contribution in [-0.4, -0.2) is 59.1 Å². The fourth-order valence-corrected chi connectivity index (χ4v) is 5.28. The van der Waals surface area contributed by atoms with Crippen molar-refractivity contribution >= 4 is 40.8 Å². The van der Waals surface area contributed by atoms with Gasteiger partial charge in [0.2, 0.25) is 0 Å². The van der Waals surface area contributed by atoms with Gasteiger partial charge in [-0.15, -0.1) is 0 Å². The molecule has 1 aromatic heterocycles. The molecule has 1 atom stereocenters. The van der Waals surface area contributed by atoms with Gasteiger partial charge in [-0.3, -0.25) is 9.59 Å². The minimum absolute atomic E-state index is 0.176. The van der Waals surface area contributed by atoms with E-state index in [9.17, 15) is 14.7 Å². The number of hydrogen-bond acceptors (Lipinski definition) is 4. The Balaban J connectivity index is 1.38. The van der Waals surface area contributed by atoms with Crippen molar-refractivity contribution in [3.05, 3.63) is 76.1 Å². The summed E-state index contributed by atoms with van der Waals surface area (Å²) in [7, 11) is 0. The molecule has 1 unspecified atom stereocenters. The summed E-state index contributed by atoms with van der Waals surface area (Å²) in [6, 6.07) is 15.0. The van der Waals surface area contributed by atoms with Gasteiger partial charge in [0.1, 0.15) is 0 Å². The third kappa shape index (κ3) is 5.64. The molecule has 3 aromatic rings. The van der Waals surface area contributed by atoms with Crippen molar-refractivity contribution in [3.8, 4) is 11.1 Å². The summed E-state index contributed by atoms with van der Waals surface area (Å²) >= 11 is 6.24. The number of nitrogens with zero attached hydrogens (tertiary/aromatic N) is 1. The second kappa shape index (κ2) is 10.9. The van der Waals surface area contributed by atoms with Crippen molar-refractivity contribution in [3.63, 3.8) is 0 Å².